The predicted molar refractivity (Wildman–Crippen MR) is 54.7 cm³/mol. The van der Waals surface area contributed by atoms with Crippen molar-refractivity contribution < 1.29 is 9.90 Å². The van der Waals surface area contributed by atoms with Crippen LogP contribution < -0.4 is 5.73 Å². The first-order chi connectivity index (χ1) is 6.69. The smallest absolute Gasteiger partial charge is 0.223 e. The van der Waals surface area contributed by atoms with Gasteiger partial charge in [0.15, 0.2) is 0 Å². The summed E-state index contributed by atoms with van der Waals surface area (Å²) in [5.41, 5.74) is 5.33. The number of likely N-dealkylation sites (tertiary alicyclic amines) is 1. The zero-order valence-electron chi connectivity index (χ0n) is 8.78. The van der Waals surface area contributed by atoms with E-state index < -0.39 is 0 Å². The van der Waals surface area contributed by atoms with Crippen LogP contribution in [0.3, 0.4) is 0 Å². The van der Waals surface area contributed by atoms with Crippen LogP contribution in [0.2, 0.25) is 0 Å². The summed E-state index contributed by atoms with van der Waals surface area (Å²) in [6.45, 7) is 3.83. The summed E-state index contributed by atoms with van der Waals surface area (Å²) < 4.78 is 0. The van der Waals surface area contributed by atoms with E-state index in [2.05, 4.69) is 0 Å². The molecule has 1 aliphatic rings. The molecule has 1 saturated heterocycles. The number of rotatable bonds is 3. The first kappa shape index (κ1) is 11.5. The quantitative estimate of drug-likeness (QED) is 0.671. The van der Waals surface area contributed by atoms with Gasteiger partial charge in [-0.15, -0.1) is 0 Å². The Labute approximate surface area is 85.1 Å². The van der Waals surface area contributed by atoms with Crippen LogP contribution in [0.4, 0.5) is 0 Å². The second-order valence-corrected chi connectivity index (χ2v) is 3.90. The van der Waals surface area contributed by atoms with Crippen molar-refractivity contribution in [3.63, 3.8) is 0 Å². The second-order valence-electron chi connectivity index (χ2n) is 3.90. The van der Waals surface area contributed by atoms with E-state index in [1.807, 2.05) is 11.8 Å². The van der Waals surface area contributed by atoms with E-state index in [1.165, 1.54) is 0 Å². The molecule has 1 fully saturated rings. The largest absolute Gasteiger partial charge is 0.393 e. The van der Waals surface area contributed by atoms with Gasteiger partial charge in [-0.2, -0.15) is 0 Å². The molecule has 2 atom stereocenters. The zero-order chi connectivity index (χ0) is 10.6. The van der Waals surface area contributed by atoms with Gasteiger partial charge >= 0.3 is 0 Å². The predicted octanol–water partition coefficient (Wildman–Crippen LogP) is -0.0454. The van der Waals surface area contributed by atoms with Crippen molar-refractivity contribution in [2.24, 2.45) is 11.7 Å². The van der Waals surface area contributed by atoms with Crippen molar-refractivity contribution in [2.45, 2.75) is 32.3 Å². The lowest BCUT2D eigenvalue weighted by molar-refractivity contribution is -0.134. The third-order valence-corrected chi connectivity index (χ3v) is 2.93. The molecule has 0 unspecified atom stereocenters. The van der Waals surface area contributed by atoms with E-state index in [4.69, 9.17) is 5.73 Å². The van der Waals surface area contributed by atoms with Gasteiger partial charge in [0, 0.05) is 32.0 Å². The fourth-order valence-electron chi connectivity index (χ4n) is 1.93. The topological polar surface area (TPSA) is 66.6 Å². The van der Waals surface area contributed by atoms with Gasteiger partial charge in [-0.05, 0) is 12.8 Å². The Hall–Kier alpha value is -0.610. The highest BCUT2D eigenvalue weighted by molar-refractivity contribution is 5.76. The zero-order valence-corrected chi connectivity index (χ0v) is 8.78. The number of aliphatic hydroxyl groups is 1. The number of piperidine rings is 1. The van der Waals surface area contributed by atoms with E-state index in [0.717, 1.165) is 6.42 Å². The normalized spacial score (nSPS) is 27.8. The van der Waals surface area contributed by atoms with Crippen LogP contribution >= 0.6 is 0 Å². The summed E-state index contributed by atoms with van der Waals surface area (Å²) in [7, 11) is 0. The van der Waals surface area contributed by atoms with E-state index >= 15 is 0 Å². The molecule has 82 valence electrons. The second kappa shape index (κ2) is 5.32. The lowest BCUT2D eigenvalue weighted by Crippen LogP contribution is -2.46. The molecular formula is C10H20N2O2. The molecule has 4 nitrogen and oxygen atoms in total. The maximum Gasteiger partial charge on any atom is 0.223 e. The van der Waals surface area contributed by atoms with Gasteiger partial charge in [0.05, 0.1) is 6.10 Å². The number of amides is 1. The fraction of sp³-hybridized carbons (Fsp3) is 0.900. The molecule has 3 N–H and O–H groups in total. The molecule has 0 aromatic heterocycles. The number of carbonyl (C=O) groups excluding carboxylic acids is 1. The highest BCUT2D eigenvalue weighted by atomic mass is 16.3. The molecule has 14 heavy (non-hydrogen) atoms. The van der Waals surface area contributed by atoms with Gasteiger partial charge in [0.25, 0.3) is 0 Å². The Bertz CT molecular complexity index is 197. The van der Waals surface area contributed by atoms with Gasteiger partial charge < -0.3 is 15.7 Å². The molecule has 0 aromatic carbocycles. The maximum absolute atomic E-state index is 11.5. The third-order valence-electron chi connectivity index (χ3n) is 2.93. The first-order valence-corrected chi connectivity index (χ1v) is 5.35. The van der Waals surface area contributed by atoms with Crippen molar-refractivity contribution in [1.82, 2.24) is 4.90 Å². The van der Waals surface area contributed by atoms with Crippen LogP contribution in [0.5, 0.6) is 0 Å². The number of carbonyl (C=O) groups is 1. The van der Waals surface area contributed by atoms with Crippen molar-refractivity contribution in [3.8, 4) is 0 Å². The van der Waals surface area contributed by atoms with Crippen LogP contribution in [-0.2, 0) is 4.79 Å². The van der Waals surface area contributed by atoms with Crippen molar-refractivity contribution >= 4 is 5.91 Å². The van der Waals surface area contributed by atoms with Gasteiger partial charge in [-0.3, -0.25) is 4.79 Å². The van der Waals surface area contributed by atoms with Crippen LogP contribution in [0, 0.1) is 5.92 Å². The number of hydrogen-bond donors (Lipinski definition) is 2. The Morgan fingerprint density at radius 1 is 1.64 bits per heavy atom. The monoisotopic (exact) mass is 200 g/mol. The number of nitrogens with two attached hydrogens (primary N) is 1. The van der Waals surface area contributed by atoms with Gasteiger partial charge in [-0.25, -0.2) is 0 Å². The highest BCUT2D eigenvalue weighted by Gasteiger charge is 2.28. The summed E-state index contributed by atoms with van der Waals surface area (Å²) in [6, 6.07) is 0. The SMILES string of the molecule is CC[C@H]1CN(C(=O)CCN)CC[C@H]1O. The maximum atomic E-state index is 11.5. The minimum absolute atomic E-state index is 0.123. The van der Waals surface area contributed by atoms with Crippen molar-refractivity contribution in [1.29, 1.82) is 0 Å². The number of hydrogen-bond acceptors (Lipinski definition) is 3. The van der Waals surface area contributed by atoms with Gasteiger partial charge in [0.1, 0.15) is 0 Å². The van der Waals surface area contributed by atoms with Gasteiger partial charge in [-0.1, -0.05) is 6.92 Å². The molecule has 1 aliphatic heterocycles. The summed E-state index contributed by atoms with van der Waals surface area (Å²) in [6.07, 6.45) is 1.82. The lowest BCUT2D eigenvalue weighted by Gasteiger charge is -2.35. The highest BCUT2D eigenvalue weighted by Crippen LogP contribution is 2.20. The molecule has 1 rings (SSSR count). The Kier molecular flexibility index (Phi) is 4.35. The first-order valence-electron chi connectivity index (χ1n) is 5.35. The molecule has 0 radical (unpaired) electrons. The standard InChI is InChI=1S/C10H20N2O2/c1-2-8-7-12(6-4-9(8)13)10(14)3-5-11/h8-9,13H,2-7,11H2,1H3/t8-,9+/m0/s1. The van der Waals surface area contributed by atoms with Crippen LogP contribution in [0.1, 0.15) is 26.2 Å². The molecule has 4 heteroatoms. The molecule has 0 aromatic rings. The Morgan fingerprint density at radius 2 is 2.36 bits per heavy atom. The van der Waals surface area contributed by atoms with Crippen LogP contribution in [0.25, 0.3) is 0 Å². The van der Waals surface area contributed by atoms with Crippen LogP contribution in [0.15, 0.2) is 0 Å². The number of nitrogens with zero attached hydrogens (tertiary/aromatic N) is 1. The average molecular weight is 200 g/mol. The van der Waals surface area contributed by atoms with Crippen LogP contribution in [-0.4, -0.2) is 41.7 Å². The molecule has 1 heterocycles. The summed E-state index contributed by atoms with van der Waals surface area (Å²) in [4.78, 5) is 13.4. The average Bonchev–Trinajstić information content (AvgIpc) is 2.19. The fourth-order valence-corrected chi connectivity index (χ4v) is 1.93. The Balaban J connectivity index is 2.45. The molecule has 0 aliphatic carbocycles. The molecule has 0 bridgehead atoms. The van der Waals surface area contributed by atoms with Gasteiger partial charge in [0.2, 0.25) is 5.91 Å². The lowest BCUT2D eigenvalue weighted by atomic mass is 9.92. The Morgan fingerprint density at radius 3 is 2.93 bits per heavy atom. The third kappa shape index (κ3) is 2.69. The minimum Gasteiger partial charge on any atom is -0.393 e. The van der Waals surface area contributed by atoms with E-state index in [1.54, 1.807) is 0 Å². The van der Waals surface area contributed by atoms with E-state index in [0.29, 0.717) is 32.5 Å². The summed E-state index contributed by atoms with van der Waals surface area (Å²) in [5.74, 6) is 0.364. The minimum atomic E-state index is -0.234. The molecule has 0 spiro atoms. The summed E-state index contributed by atoms with van der Waals surface area (Å²) >= 11 is 0. The summed E-state index contributed by atoms with van der Waals surface area (Å²) in [5, 5.41) is 9.64. The van der Waals surface area contributed by atoms with E-state index in [9.17, 15) is 9.90 Å². The van der Waals surface area contributed by atoms with Crippen molar-refractivity contribution in [3.05, 3.63) is 0 Å². The number of aliphatic hydroxyl groups excluding tert-OH is 1. The molecule has 0 saturated carbocycles. The van der Waals surface area contributed by atoms with Crippen molar-refractivity contribution in [2.75, 3.05) is 19.6 Å². The molecule has 1 amide bonds. The molecular weight excluding hydrogens is 180 g/mol. The van der Waals surface area contributed by atoms with E-state index in [-0.39, 0.29) is 17.9 Å².